The summed E-state index contributed by atoms with van der Waals surface area (Å²) in [6.07, 6.45) is 8.23. The lowest BCUT2D eigenvalue weighted by molar-refractivity contribution is -0.149. The highest BCUT2D eigenvalue weighted by molar-refractivity contribution is 8.00. The number of hydrogen-bond acceptors (Lipinski definition) is 22. The van der Waals surface area contributed by atoms with Crippen molar-refractivity contribution < 1.29 is 91.7 Å². The molecule has 3 saturated heterocycles. The van der Waals surface area contributed by atoms with Crippen molar-refractivity contribution in [2.75, 3.05) is 72.0 Å². The van der Waals surface area contributed by atoms with Crippen molar-refractivity contribution in [1.29, 1.82) is 0 Å². The van der Waals surface area contributed by atoms with E-state index in [9.17, 15) is 58.2 Å². The van der Waals surface area contributed by atoms with E-state index in [0.717, 1.165) is 53.7 Å². The van der Waals surface area contributed by atoms with E-state index in [-0.39, 0.29) is 114 Å². The van der Waals surface area contributed by atoms with Gasteiger partial charge >= 0.3 is 0 Å². The number of phenols is 1. The molecule has 39 nitrogen and oxygen atoms in total. The van der Waals surface area contributed by atoms with Gasteiger partial charge in [0.2, 0.25) is 94.5 Å². The van der Waals surface area contributed by atoms with Crippen molar-refractivity contribution in [3.63, 3.8) is 0 Å². The number of aromatic amines is 2. The van der Waals surface area contributed by atoms with Crippen LogP contribution in [0.25, 0.3) is 21.8 Å². The number of likely N-dealkylation sites (N-methyl/N-ethyl adjacent to an activating group) is 3. The Bertz CT molecular complexity index is 4960. The molecule has 5 heterocycles. The minimum absolute atomic E-state index is 0.0139. The molecule has 40 heteroatoms. The van der Waals surface area contributed by atoms with E-state index in [1.165, 1.54) is 67.0 Å². The summed E-state index contributed by atoms with van der Waals surface area (Å²) in [5, 5.41) is 47.0. The van der Waals surface area contributed by atoms with Crippen molar-refractivity contribution >= 4 is 134 Å². The number of Topliss-reactive ketones (excluding diaryl/α,β-unsaturated/α-hetero) is 1. The molecule has 2 aromatic heterocycles. The van der Waals surface area contributed by atoms with E-state index >= 15 is 33.6 Å². The summed E-state index contributed by atoms with van der Waals surface area (Å²) in [6.45, 7) is 6.46. The normalized spacial score (nSPS) is 25.8. The number of H-pyrrole nitrogens is 2. The summed E-state index contributed by atoms with van der Waals surface area (Å²) in [6, 6.07) is 0.991. The van der Waals surface area contributed by atoms with Gasteiger partial charge in [-0.2, -0.15) is 0 Å². The van der Waals surface area contributed by atoms with Gasteiger partial charge in [0, 0.05) is 106 Å². The molecule has 3 aliphatic heterocycles. The molecule has 0 bridgehead atoms. The van der Waals surface area contributed by atoms with Crippen LogP contribution in [-0.2, 0) is 101 Å². The molecule has 0 radical (unpaired) electrons. The van der Waals surface area contributed by atoms with Crippen molar-refractivity contribution in [2.45, 2.75) is 254 Å². The second-order valence-electron chi connectivity index (χ2n) is 36.2. The third kappa shape index (κ3) is 28.8. The van der Waals surface area contributed by atoms with Crippen LogP contribution in [0.4, 0.5) is 0 Å². The minimum atomic E-state index is -1.80. The number of primary amides is 2. The van der Waals surface area contributed by atoms with E-state index in [4.69, 9.17) is 22.9 Å². The van der Waals surface area contributed by atoms with Crippen molar-refractivity contribution in [2.24, 2.45) is 46.6 Å². The number of unbranched alkanes of at least 4 members (excludes halogenated alkanes) is 2. The minimum Gasteiger partial charge on any atom is -0.508 e. The predicted octanol–water partition coefficient (Wildman–Crippen LogP) is 0.466. The SMILES string of the molecule is CCCC[C@H]1C(=O)N(C)[C@@H](CCCC)C(=O)N[C@@H](CCCN)C(=O)N[C@H](C(=O)NCC(N)=O)CSCC(=O)N[C@@H](Cc2ccc(O)cc2)C(=O)N(C)[C@@H](C)C(=O)N[C@@H](CC(N)=O)C(=O)N2CCC[C@H]2C(=O)N[C@@H](CN)C(=O)N[C@@H](CC(C)C)C(=O)N2C[C@H](C3CCCCC3)C[C@H]2C(=O)C[C@@H](Cc2c[nH]c3ccccc23)C(=O)N[C@@H](CO)C(=O)N[C@@H](Cc2c[nH]c3ccccc23)C(=O)N1C. The number of carbonyl (C=O) groups is 17. The number of nitrogens with one attached hydrogen (secondary N) is 11. The summed E-state index contributed by atoms with van der Waals surface area (Å²) in [5.41, 5.74) is 26.4. The molecule has 3 aromatic carbocycles. The van der Waals surface area contributed by atoms with Crippen LogP contribution in [0.3, 0.4) is 0 Å². The second-order valence-corrected chi connectivity index (χ2v) is 37.2. The zero-order valence-electron chi connectivity index (χ0n) is 77.9. The number of amides is 16. The molecule has 16 amide bonds. The molecule has 15 atom stereocenters. The van der Waals surface area contributed by atoms with Crippen LogP contribution in [-0.4, -0.2) is 296 Å². The fraction of sp³-hybridized carbons (Fsp3) is 0.585. The van der Waals surface area contributed by atoms with Crippen LogP contribution in [0.1, 0.15) is 173 Å². The number of aromatic hydroxyl groups is 1. The van der Waals surface area contributed by atoms with Gasteiger partial charge in [-0.3, -0.25) is 81.5 Å². The van der Waals surface area contributed by atoms with Gasteiger partial charge in [0.05, 0.1) is 31.4 Å². The van der Waals surface area contributed by atoms with Gasteiger partial charge in [0.25, 0.3) is 0 Å². The van der Waals surface area contributed by atoms with Gasteiger partial charge in [-0.1, -0.05) is 134 Å². The summed E-state index contributed by atoms with van der Waals surface area (Å²) in [4.78, 5) is 263. The number of aliphatic hydroxyl groups is 1. The number of fused-ring (bicyclic) bond motifs is 4. The average molecular weight is 1880 g/mol. The number of carbonyl (C=O) groups excluding carboxylic acids is 17. The van der Waals surface area contributed by atoms with Gasteiger partial charge in [0.15, 0.2) is 5.78 Å². The Labute approximate surface area is 784 Å². The first-order valence-electron chi connectivity index (χ1n) is 46.7. The summed E-state index contributed by atoms with van der Waals surface area (Å²) in [7, 11) is 4.00. The zero-order chi connectivity index (χ0) is 97.7. The third-order valence-electron chi connectivity index (χ3n) is 26.0. The van der Waals surface area contributed by atoms with E-state index in [1.807, 2.05) is 52.0 Å². The van der Waals surface area contributed by atoms with Gasteiger partial charge in [0.1, 0.15) is 78.3 Å². The number of aliphatic hydroxyl groups excluding tert-OH is 1. The third-order valence-corrected chi connectivity index (χ3v) is 27.0. The maximum Gasteiger partial charge on any atom is 0.246 e. The average Bonchev–Trinajstić information content (AvgIpc) is 1.56. The maximum absolute atomic E-state index is 15.8. The highest BCUT2D eigenvalue weighted by atomic mass is 32.2. The first kappa shape index (κ1) is 106. The number of ketones is 1. The van der Waals surface area contributed by atoms with Gasteiger partial charge in [-0.15, -0.1) is 11.8 Å². The molecular formula is C94H136N20O19S. The molecule has 9 rings (SSSR count). The summed E-state index contributed by atoms with van der Waals surface area (Å²) in [5.74, 6) is -17.4. The fourth-order valence-electron chi connectivity index (χ4n) is 18.3. The Morgan fingerprint density at radius 1 is 0.530 bits per heavy atom. The smallest absolute Gasteiger partial charge is 0.246 e. The quantitative estimate of drug-likeness (QED) is 0.0377. The van der Waals surface area contributed by atoms with Crippen LogP contribution in [0.5, 0.6) is 5.75 Å². The summed E-state index contributed by atoms with van der Waals surface area (Å²) < 4.78 is 0. The Morgan fingerprint density at radius 2 is 1.09 bits per heavy atom. The van der Waals surface area contributed by atoms with Crippen molar-refractivity contribution in [3.05, 3.63) is 102 Å². The van der Waals surface area contributed by atoms with Crippen LogP contribution in [0.15, 0.2) is 85.2 Å². The van der Waals surface area contributed by atoms with Crippen LogP contribution < -0.4 is 70.8 Å². The number of para-hydroxylation sites is 2. The molecule has 1 aliphatic carbocycles. The van der Waals surface area contributed by atoms with Gasteiger partial charge in [-0.05, 0) is 130 Å². The zero-order valence-corrected chi connectivity index (χ0v) is 78.7. The monoisotopic (exact) mass is 1880 g/mol. The highest BCUT2D eigenvalue weighted by Crippen LogP contribution is 2.40. The van der Waals surface area contributed by atoms with E-state index in [2.05, 4.69) is 57.8 Å². The lowest BCUT2D eigenvalue weighted by atomic mass is 9.78. The molecule has 0 unspecified atom stereocenters. The number of nitrogens with two attached hydrogens (primary N) is 4. The molecule has 0 spiro atoms. The molecular weight excluding hydrogens is 1750 g/mol. The molecule has 21 N–H and O–H groups in total. The molecule has 4 fully saturated rings. The number of hydrogen-bond donors (Lipinski definition) is 17. The van der Waals surface area contributed by atoms with Gasteiger partial charge in [-0.25, -0.2) is 0 Å². The van der Waals surface area contributed by atoms with E-state index in [1.54, 1.807) is 36.7 Å². The topological polar surface area (TPSA) is 591 Å². The Balaban J connectivity index is 1.10. The van der Waals surface area contributed by atoms with Crippen molar-refractivity contribution in [1.82, 2.24) is 82.3 Å². The molecule has 5 aromatic rings. The number of nitrogens with zero attached hydrogens (tertiary/aromatic N) is 5. The standard InChI is InChI=1S/C94H136N20O19S/c1-9-11-29-74-88(127)103-66(28-20-36-95)85(124)109-73(84(123)101-48-80(98)119)51-134-52-81(120)102-68(39-55-32-34-61(116)35-33-55)90(129)110(6)54(5)82(121)104-70(44-79(97)118)92(131)113-37-21-31-75(113)89(128)107-71(45-96)86(125)105-67(38-53(3)4)93(132)114-49-60(56-22-14-13-15-23-56)42-77(114)78(117)43-57(40-58-46-99-64-26-18-16-24-62(58)64)83(122)108-72(50-115)87(126)106-69(41-59-47-100-65-27-19-17-25-63(59)65)91(130)112(8)76(30-12-10-2)94(133)111(74)7/h16-19,24-27,32-35,46-47,53-54,56-57,60,66-77,99-100,115-116H,9-15,20-23,28-31,36-45,48-52,95-96H2,1-8H3,(H2,97,118)(H2,98,119)(H,101,123)(H,102,120)(H,103,127)(H,104,121)(H,105,125)(H,106,126)(H,107,128)(H,108,122)(H,109,124)/t54-,57+,60+,66-,67-,68-,69-,70-,71-,72-,73-,74-,75-,76-,77-/m0/s1. The number of rotatable bonds is 25. The molecule has 134 heavy (non-hydrogen) atoms. The lowest BCUT2D eigenvalue weighted by Crippen LogP contribution is -2.61. The number of benzene rings is 3. The largest absolute Gasteiger partial charge is 0.508 e. The van der Waals surface area contributed by atoms with E-state index < -0.39 is 229 Å². The summed E-state index contributed by atoms with van der Waals surface area (Å²) >= 11 is 0.791. The predicted molar refractivity (Wildman–Crippen MR) is 501 cm³/mol. The first-order chi connectivity index (χ1) is 64.0. The number of thioether (sulfide) groups is 1. The highest BCUT2D eigenvalue weighted by Gasteiger charge is 2.48. The Hall–Kier alpha value is -12.0. The van der Waals surface area contributed by atoms with Crippen LogP contribution in [0.2, 0.25) is 0 Å². The van der Waals surface area contributed by atoms with Gasteiger partial charge < -0.3 is 115 Å². The van der Waals surface area contributed by atoms with Crippen molar-refractivity contribution in [3.8, 4) is 5.75 Å². The number of aromatic nitrogens is 2. The lowest BCUT2D eigenvalue weighted by Gasteiger charge is -2.36. The van der Waals surface area contributed by atoms with Crippen LogP contribution in [0, 0.1) is 23.7 Å². The Morgan fingerprint density at radius 3 is 1.70 bits per heavy atom. The molecule has 4 aliphatic rings. The fourth-order valence-corrected chi connectivity index (χ4v) is 19.1. The van der Waals surface area contributed by atoms with E-state index in [0.29, 0.717) is 64.2 Å². The maximum atomic E-state index is 15.8. The first-order valence-corrected chi connectivity index (χ1v) is 47.8. The molecule has 732 valence electrons. The second kappa shape index (κ2) is 50.9. The van der Waals surface area contributed by atoms with Crippen LogP contribution >= 0.6 is 11.8 Å². The number of phenolic OH excluding ortho intramolecular Hbond substituents is 1. The Kier molecular flexibility index (Phi) is 40.1. The molecule has 1 saturated carbocycles.